The van der Waals surface area contributed by atoms with E-state index in [2.05, 4.69) is 0 Å². The topological polar surface area (TPSA) is 37.3 Å². The summed E-state index contributed by atoms with van der Waals surface area (Å²) in [6.07, 6.45) is 0. The average Bonchev–Trinajstić information content (AvgIpc) is 2.32. The number of hydrogen-bond acceptors (Lipinski definition) is 1. The molecule has 0 unspecified atom stereocenters. The van der Waals surface area contributed by atoms with Gasteiger partial charge in [0.2, 0.25) is 0 Å². The Morgan fingerprint density at radius 3 is 2.06 bits per heavy atom. The Morgan fingerprint density at radius 2 is 1.56 bits per heavy atom. The lowest BCUT2D eigenvalue weighted by Gasteiger charge is -2.06. The number of aromatic carboxylic acids is 1. The molecule has 18 heavy (non-hydrogen) atoms. The fourth-order valence-electron chi connectivity index (χ4n) is 1.64. The van der Waals surface area contributed by atoms with Gasteiger partial charge in [-0.3, -0.25) is 0 Å². The van der Waals surface area contributed by atoms with Crippen LogP contribution in [0, 0.1) is 6.92 Å². The van der Waals surface area contributed by atoms with Crippen LogP contribution in [0.4, 0.5) is 0 Å². The van der Waals surface area contributed by atoms with E-state index >= 15 is 0 Å². The van der Waals surface area contributed by atoms with E-state index in [1.807, 2.05) is 25.1 Å². The number of benzene rings is 2. The molecule has 0 radical (unpaired) electrons. The molecule has 0 saturated carbocycles. The van der Waals surface area contributed by atoms with Crippen molar-refractivity contribution in [3.8, 4) is 11.1 Å². The van der Waals surface area contributed by atoms with Crippen molar-refractivity contribution in [2.24, 2.45) is 0 Å². The number of carbonyl (C=O) groups is 1. The second-order valence-corrected chi connectivity index (χ2v) is 4.78. The Labute approximate surface area is 115 Å². The van der Waals surface area contributed by atoms with Crippen LogP contribution in [0.1, 0.15) is 15.9 Å². The van der Waals surface area contributed by atoms with Gasteiger partial charge in [0.25, 0.3) is 0 Å². The summed E-state index contributed by atoms with van der Waals surface area (Å²) in [5.41, 5.74) is 2.84. The lowest BCUT2D eigenvalue weighted by atomic mass is 10.0. The van der Waals surface area contributed by atoms with Gasteiger partial charge < -0.3 is 5.11 Å². The van der Waals surface area contributed by atoms with Crippen LogP contribution >= 0.6 is 23.2 Å². The maximum Gasteiger partial charge on any atom is 0.337 e. The van der Waals surface area contributed by atoms with Crippen molar-refractivity contribution < 1.29 is 9.90 Å². The third-order valence-electron chi connectivity index (χ3n) is 2.70. The summed E-state index contributed by atoms with van der Waals surface area (Å²) < 4.78 is 0. The Bertz CT molecular complexity index is 621. The van der Waals surface area contributed by atoms with E-state index in [0.717, 1.165) is 16.7 Å². The van der Waals surface area contributed by atoms with Crippen LogP contribution in [0.25, 0.3) is 11.1 Å². The minimum atomic E-state index is -1.03. The smallest absolute Gasteiger partial charge is 0.337 e. The van der Waals surface area contributed by atoms with Gasteiger partial charge in [0, 0.05) is 5.02 Å². The molecule has 0 saturated heterocycles. The van der Waals surface area contributed by atoms with Crippen LogP contribution in [0.2, 0.25) is 10.0 Å². The van der Waals surface area contributed by atoms with Gasteiger partial charge in [0.15, 0.2) is 0 Å². The van der Waals surface area contributed by atoms with E-state index in [9.17, 15) is 4.79 Å². The van der Waals surface area contributed by atoms with Crippen molar-refractivity contribution in [2.45, 2.75) is 6.92 Å². The first-order valence-electron chi connectivity index (χ1n) is 5.28. The Morgan fingerprint density at radius 1 is 1.00 bits per heavy atom. The Balaban J connectivity index is 2.48. The molecule has 92 valence electrons. The largest absolute Gasteiger partial charge is 0.478 e. The first kappa shape index (κ1) is 12.9. The normalized spacial score (nSPS) is 10.4. The van der Waals surface area contributed by atoms with Crippen LogP contribution in [0.15, 0.2) is 36.4 Å². The van der Waals surface area contributed by atoms with Crippen molar-refractivity contribution in [1.82, 2.24) is 0 Å². The van der Waals surface area contributed by atoms with Crippen molar-refractivity contribution >= 4 is 29.2 Å². The van der Waals surface area contributed by atoms with Crippen molar-refractivity contribution in [2.75, 3.05) is 0 Å². The van der Waals surface area contributed by atoms with E-state index < -0.39 is 5.97 Å². The molecule has 2 aromatic rings. The van der Waals surface area contributed by atoms with Crippen LogP contribution < -0.4 is 0 Å². The summed E-state index contributed by atoms with van der Waals surface area (Å²) in [6, 6.07) is 10.5. The number of carboxylic acids is 1. The van der Waals surface area contributed by atoms with Gasteiger partial charge in [0.05, 0.1) is 10.6 Å². The molecule has 0 bridgehead atoms. The SMILES string of the molecule is Cc1ccc(-c2ccc(C(=O)O)c(Cl)c2)cc1Cl. The van der Waals surface area contributed by atoms with Crippen molar-refractivity contribution in [1.29, 1.82) is 0 Å². The highest BCUT2D eigenvalue weighted by atomic mass is 35.5. The van der Waals surface area contributed by atoms with Gasteiger partial charge in [-0.1, -0.05) is 41.4 Å². The maximum atomic E-state index is 10.9. The summed E-state index contributed by atoms with van der Waals surface area (Å²) >= 11 is 12.0. The van der Waals surface area contributed by atoms with Gasteiger partial charge in [0.1, 0.15) is 0 Å². The van der Waals surface area contributed by atoms with E-state index in [4.69, 9.17) is 28.3 Å². The number of carboxylic acid groups (broad SMARTS) is 1. The first-order valence-corrected chi connectivity index (χ1v) is 6.04. The maximum absolute atomic E-state index is 10.9. The Kier molecular flexibility index (Phi) is 3.60. The molecular formula is C14H10Cl2O2. The highest BCUT2D eigenvalue weighted by molar-refractivity contribution is 6.34. The molecule has 0 amide bonds. The highest BCUT2D eigenvalue weighted by Crippen LogP contribution is 2.28. The molecule has 1 N–H and O–H groups in total. The molecule has 4 heteroatoms. The van der Waals surface area contributed by atoms with Crippen molar-refractivity contribution in [3.63, 3.8) is 0 Å². The van der Waals surface area contributed by atoms with Gasteiger partial charge in [-0.2, -0.15) is 0 Å². The van der Waals surface area contributed by atoms with Crippen LogP contribution in [0.5, 0.6) is 0 Å². The predicted octanol–water partition coefficient (Wildman–Crippen LogP) is 4.67. The molecule has 0 atom stereocenters. The lowest BCUT2D eigenvalue weighted by molar-refractivity contribution is 0.0697. The summed E-state index contributed by atoms with van der Waals surface area (Å²) in [5, 5.41) is 9.79. The zero-order valence-electron chi connectivity index (χ0n) is 9.58. The minimum absolute atomic E-state index is 0.0959. The van der Waals surface area contributed by atoms with Gasteiger partial charge in [-0.15, -0.1) is 0 Å². The molecular weight excluding hydrogens is 271 g/mol. The van der Waals surface area contributed by atoms with Crippen LogP contribution in [-0.4, -0.2) is 11.1 Å². The summed E-state index contributed by atoms with van der Waals surface area (Å²) in [7, 11) is 0. The second-order valence-electron chi connectivity index (χ2n) is 3.96. The van der Waals surface area contributed by atoms with Crippen LogP contribution in [0.3, 0.4) is 0 Å². The molecule has 0 aliphatic heterocycles. The predicted molar refractivity (Wildman–Crippen MR) is 73.6 cm³/mol. The quantitative estimate of drug-likeness (QED) is 0.868. The fourth-order valence-corrected chi connectivity index (χ4v) is 2.08. The van der Waals surface area contributed by atoms with E-state index in [1.54, 1.807) is 12.1 Å². The zero-order chi connectivity index (χ0) is 13.3. The number of halogens is 2. The third kappa shape index (κ3) is 2.50. The molecule has 0 fully saturated rings. The first-order chi connectivity index (χ1) is 8.49. The summed E-state index contributed by atoms with van der Waals surface area (Å²) in [6.45, 7) is 1.92. The monoisotopic (exact) mass is 280 g/mol. The highest BCUT2D eigenvalue weighted by Gasteiger charge is 2.10. The Hall–Kier alpha value is -1.51. The van der Waals surface area contributed by atoms with E-state index in [0.29, 0.717) is 5.02 Å². The van der Waals surface area contributed by atoms with E-state index in [-0.39, 0.29) is 10.6 Å². The fraction of sp³-hybridized carbons (Fsp3) is 0.0714. The summed E-state index contributed by atoms with van der Waals surface area (Å²) in [5.74, 6) is -1.03. The second kappa shape index (κ2) is 5.01. The molecule has 0 aliphatic rings. The lowest BCUT2D eigenvalue weighted by Crippen LogP contribution is -1.97. The van der Waals surface area contributed by atoms with Crippen molar-refractivity contribution in [3.05, 3.63) is 57.6 Å². The summed E-state index contributed by atoms with van der Waals surface area (Å²) in [4.78, 5) is 10.9. The molecule has 0 spiro atoms. The van der Waals surface area contributed by atoms with Crippen LogP contribution in [-0.2, 0) is 0 Å². The van der Waals surface area contributed by atoms with Gasteiger partial charge >= 0.3 is 5.97 Å². The standard InChI is InChI=1S/C14H10Cl2O2/c1-8-2-3-9(6-12(8)15)10-4-5-11(14(17)18)13(16)7-10/h2-7H,1H3,(H,17,18). The third-order valence-corrected chi connectivity index (χ3v) is 3.42. The molecule has 2 rings (SSSR count). The number of rotatable bonds is 2. The minimum Gasteiger partial charge on any atom is -0.478 e. The molecule has 0 heterocycles. The zero-order valence-corrected chi connectivity index (χ0v) is 11.1. The van der Waals surface area contributed by atoms with E-state index in [1.165, 1.54) is 6.07 Å². The molecule has 0 aliphatic carbocycles. The average molecular weight is 281 g/mol. The van der Waals surface area contributed by atoms with Gasteiger partial charge in [-0.05, 0) is 41.8 Å². The molecule has 2 aromatic carbocycles. The van der Waals surface area contributed by atoms with Gasteiger partial charge in [-0.25, -0.2) is 4.79 Å². The molecule has 2 nitrogen and oxygen atoms in total. The molecule has 0 aromatic heterocycles. The number of aryl methyl sites for hydroxylation is 1. The number of hydrogen-bond donors (Lipinski definition) is 1.